The molecule has 5 rings (SSSR count). The number of hydrogen-bond acceptors (Lipinski definition) is 4. The predicted octanol–water partition coefficient (Wildman–Crippen LogP) is 5.15. The van der Waals surface area contributed by atoms with Gasteiger partial charge in [0.2, 0.25) is 0 Å². The lowest BCUT2D eigenvalue weighted by Crippen LogP contribution is -2.29. The zero-order valence-electron chi connectivity index (χ0n) is 18.8. The van der Waals surface area contributed by atoms with Gasteiger partial charge in [-0.3, -0.25) is 9.89 Å². The van der Waals surface area contributed by atoms with Gasteiger partial charge in [-0.05, 0) is 54.4 Å². The van der Waals surface area contributed by atoms with Crippen LogP contribution in [0.4, 0.5) is 0 Å². The average Bonchev–Trinajstić information content (AvgIpc) is 3.40. The van der Waals surface area contributed by atoms with Gasteiger partial charge in [-0.25, -0.2) is 0 Å². The van der Waals surface area contributed by atoms with E-state index in [9.17, 15) is 4.79 Å². The maximum atomic E-state index is 13.5. The lowest BCUT2D eigenvalue weighted by Gasteiger charge is -2.26. The topological polar surface area (TPSA) is 67.5 Å². The van der Waals surface area contributed by atoms with E-state index in [-0.39, 0.29) is 11.9 Å². The van der Waals surface area contributed by atoms with Gasteiger partial charge in [0.1, 0.15) is 17.2 Å². The molecular formula is C27H25N3O3. The molecule has 1 unspecified atom stereocenters. The molecule has 4 aromatic rings. The van der Waals surface area contributed by atoms with Crippen LogP contribution in [-0.2, 0) is 6.54 Å². The predicted molar refractivity (Wildman–Crippen MR) is 126 cm³/mol. The smallest absolute Gasteiger partial charge is 0.273 e. The van der Waals surface area contributed by atoms with Crippen molar-refractivity contribution in [1.82, 2.24) is 15.1 Å². The van der Waals surface area contributed by atoms with E-state index in [2.05, 4.69) is 41.4 Å². The van der Waals surface area contributed by atoms with Crippen LogP contribution in [0.2, 0.25) is 0 Å². The van der Waals surface area contributed by atoms with E-state index < -0.39 is 0 Å². The fourth-order valence-corrected chi connectivity index (χ4v) is 4.35. The minimum atomic E-state index is -0.268. The number of amides is 1. The molecule has 1 N–H and O–H groups in total. The number of nitrogens with one attached hydrogen (secondary N) is 1. The summed E-state index contributed by atoms with van der Waals surface area (Å²) in [7, 11) is 3.29. The van der Waals surface area contributed by atoms with Crippen LogP contribution in [-0.4, -0.2) is 35.2 Å². The molecular weight excluding hydrogens is 414 g/mol. The monoisotopic (exact) mass is 439 g/mol. The van der Waals surface area contributed by atoms with Crippen molar-refractivity contribution in [1.29, 1.82) is 0 Å². The molecule has 0 saturated heterocycles. The molecule has 1 aliphatic heterocycles. The molecule has 1 atom stereocenters. The van der Waals surface area contributed by atoms with Gasteiger partial charge >= 0.3 is 0 Å². The Morgan fingerprint density at radius 1 is 0.879 bits per heavy atom. The van der Waals surface area contributed by atoms with Crippen molar-refractivity contribution in [2.45, 2.75) is 19.5 Å². The molecule has 1 aromatic heterocycles. The van der Waals surface area contributed by atoms with Crippen LogP contribution in [0.25, 0.3) is 11.3 Å². The number of methoxy groups -OCH3 is 2. The van der Waals surface area contributed by atoms with Gasteiger partial charge in [0.15, 0.2) is 0 Å². The third-order valence-corrected chi connectivity index (χ3v) is 6.13. The Labute approximate surface area is 192 Å². The van der Waals surface area contributed by atoms with Crippen molar-refractivity contribution in [3.05, 3.63) is 101 Å². The standard InChI is InChI=1S/C27H25N3O3/c1-17-4-6-18(7-5-17)16-30-26(20-10-14-22(33-3)15-11-20)23-24(28-29-25(23)27(30)31)19-8-12-21(32-2)13-9-19/h4-15,26H,16H2,1-3H3,(H,28,29). The zero-order chi connectivity index (χ0) is 22.9. The van der Waals surface area contributed by atoms with Gasteiger partial charge in [-0.15, -0.1) is 0 Å². The number of hydrogen-bond donors (Lipinski definition) is 1. The number of aromatic amines is 1. The molecule has 0 spiro atoms. The van der Waals surface area contributed by atoms with Gasteiger partial charge in [-0.2, -0.15) is 5.10 Å². The number of nitrogens with zero attached hydrogens (tertiary/aromatic N) is 2. The number of carbonyl (C=O) groups is 1. The molecule has 1 amide bonds. The van der Waals surface area contributed by atoms with Crippen LogP contribution in [0, 0.1) is 6.92 Å². The first-order valence-corrected chi connectivity index (χ1v) is 10.8. The fraction of sp³-hybridized carbons (Fsp3) is 0.185. The normalized spacial score (nSPS) is 14.9. The summed E-state index contributed by atoms with van der Waals surface area (Å²) in [5, 5.41) is 7.55. The molecule has 33 heavy (non-hydrogen) atoms. The lowest BCUT2D eigenvalue weighted by molar-refractivity contribution is 0.0730. The summed E-state index contributed by atoms with van der Waals surface area (Å²) in [5.41, 5.74) is 6.40. The van der Waals surface area contributed by atoms with Gasteiger partial charge in [0, 0.05) is 17.7 Å². The highest BCUT2D eigenvalue weighted by Crippen LogP contribution is 2.43. The second-order valence-electron chi connectivity index (χ2n) is 8.18. The molecule has 6 nitrogen and oxygen atoms in total. The van der Waals surface area contributed by atoms with Crippen LogP contribution < -0.4 is 9.47 Å². The molecule has 0 aliphatic carbocycles. The first kappa shape index (κ1) is 20.8. The fourth-order valence-electron chi connectivity index (χ4n) is 4.35. The van der Waals surface area contributed by atoms with Crippen molar-refractivity contribution >= 4 is 5.91 Å². The summed E-state index contributed by atoms with van der Waals surface area (Å²) in [6.45, 7) is 2.56. The van der Waals surface area contributed by atoms with E-state index in [1.165, 1.54) is 5.56 Å². The molecule has 0 bridgehead atoms. The Morgan fingerprint density at radius 3 is 2.09 bits per heavy atom. The molecule has 166 valence electrons. The second kappa shape index (κ2) is 8.47. The molecule has 1 aliphatic rings. The maximum absolute atomic E-state index is 13.5. The number of aromatic nitrogens is 2. The lowest BCUT2D eigenvalue weighted by atomic mass is 9.95. The molecule has 0 radical (unpaired) electrons. The first-order chi connectivity index (χ1) is 16.1. The van der Waals surface area contributed by atoms with E-state index in [0.29, 0.717) is 12.2 Å². The summed E-state index contributed by atoms with van der Waals surface area (Å²) < 4.78 is 10.6. The number of H-pyrrole nitrogens is 1. The Morgan fingerprint density at radius 2 is 1.48 bits per heavy atom. The van der Waals surface area contributed by atoms with Crippen LogP contribution in [0.3, 0.4) is 0 Å². The van der Waals surface area contributed by atoms with E-state index in [0.717, 1.165) is 39.4 Å². The third kappa shape index (κ3) is 3.74. The number of fused-ring (bicyclic) bond motifs is 1. The zero-order valence-corrected chi connectivity index (χ0v) is 18.8. The largest absolute Gasteiger partial charge is 0.497 e. The highest BCUT2D eigenvalue weighted by atomic mass is 16.5. The van der Waals surface area contributed by atoms with Crippen molar-refractivity contribution in [2.24, 2.45) is 0 Å². The van der Waals surface area contributed by atoms with Crippen LogP contribution in [0.1, 0.15) is 38.8 Å². The second-order valence-corrected chi connectivity index (χ2v) is 8.18. The quantitative estimate of drug-likeness (QED) is 0.451. The number of rotatable bonds is 6. The minimum absolute atomic E-state index is 0.0568. The first-order valence-electron chi connectivity index (χ1n) is 10.8. The van der Waals surface area contributed by atoms with Crippen molar-refractivity contribution in [3.63, 3.8) is 0 Å². The van der Waals surface area contributed by atoms with Crippen LogP contribution in [0.15, 0.2) is 72.8 Å². The Bertz CT molecular complexity index is 1280. The summed E-state index contributed by atoms with van der Waals surface area (Å²) >= 11 is 0. The van der Waals surface area contributed by atoms with Crippen LogP contribution in [0.5, 0.6) is 11.5 Å². The average molecular weight is 440 g/mol. The molecule has 3 aromatic carbocycles. The highest BCUT2D eigenvalue weighted by molar-refractivity contribution is 6.00. The molecule has 6 heteroatoms. The number of benzene rings is 3. The summed E-state index contributed by atoms with van der Waals surface area (Å²) in [5.74, 6) is 1.49. The number of carbonyl (C=O) groups excluding carboxylic acids is 1. The van der Waals surface area contributed by atoms with Gasteiger partial charge in [0.25, 0.3) is 5.91 Å². The van der Waals surface area contributed by atoms with E-state index >= 15 is 0 Å². The summed E-state index contributed by atoms with van der Waals surface area (Å²) in [6.07, 6.45) is 0. The third-order valence-electron chi connectivity index (χ3n) is 6.13. The van der Waals surface area contributed by atoms with Gasteiger partial charge in [0.05, 0.1) is 26.0 Å². The van der Waals surface area contributed by atoms with Crippen molar-refractivity contribution in [2.75, 3.05) is 14.2 Å². The summed E-state index contributed by atoms with van der Waals surface area (Å²) in [4.78, 5) is 15.4. The SMILES string of the molecule is COc1ccc(-c2n[nH]c3c2C(c2ccc(OC)cc2)N(Cc2ccc(C)cc2)C3=O)cc1. The molecule has 2 heterocycles. The maximum Gasteiger partial charge on any atom is 0.273 e. The summed E-state index contributed by atoms with van der Waals surface area (Å²) in [6, 6.07) is 23.6. The number of ether oxygens (including phenoxy) is 2. The Hall–Kier alpha value is -4.06. The Kier molecular flexibility index (Phi) is 5.34. The van der Waals surface area contributed by atoms with Crippen molar-refractivity contribution in [3.8, 4) is 22.8 Å². The van der Waals surface area contributed by atoms with Crippen LogP contribution >= 0.6 is 0 Å². The van der Waals surface area contributed by atoms with E-state index in [1.807, 2.05) is 53.4 Å². The molecule has 0 fully saturated rings. The molecule has 0 saturated carbocycles. The van der Waals surface area contributed by atoms with Gasteiger partial charge in [-0.1, -0.05) is 42.0 Å². The minimum Gasteiger partial charge on any atom is -0.497 e. The van der Waals surface area contributed by atoms with E-state index in [4.69, 9.17) is 9.47 Å². The van der Waals surface area contributed by atoms with Gasteiger partial charge < -0.3 is 14.4 Å². The van der Waals surface area contributed by atoms with E-state index in [1.54, 1.807) is 14.2 Å². The Balaban J connectivity index is 1.61. The highest BCUT2D eigenvalue weighted by Gasteiger charge is 2.42. The van der Waals surface area contributed by atoms with Crippen molar-refractivity contribution < 1.29 is 14.3 Å². The number of aryl methyl sites for hydroxylation is 1.